The van der Waals surface area contributed by atoms with Crippen LogP contribution in [0.2, 0.25) is 0 Å². The van der Waals surface area contributed by atoms with Crippen molar-refractivity contribution in [2.45, 2.75) is 57.5 Å². The first kappa shape index (κ1) is 31.8. The third kappa shape index (κ3) is 7.64. The number of fused-ring (bicyclic) bond motifs is 1. The van der Waals surface area contributed by atoms with E-state index in [9.17, 15) is 22.4 Å². The Labute approximate surface area is 252 Å². The van der Waals surface area contributed by atoms with E-state index in [1.165, 1.54) is 35.2 Å². The maximum atomic E-state index is 14.2. The molecule has 1 heterocycles. The molecular weight excluding hydrogens is 573 g/mol. The summed E-state index contributed by atoms with van der Waals surface area (Å²) in [6.07, 6.45) is 2.01. The first-order valence-electron chi connectivity index (χ1n) is 14.4. The highest BCUT2D eigenvalue weighted by atomic mass is 32.2. The Bertz CT molecular complexity index is 1530. The zero-order valence-corrected chi connectivity index (χ0v) is 25.5. The molecule has 0 aromatic heterocycles. The molecule has 0 radical (unpaired) electrons. The SMILES string of the molecule is CCCCNC(=O)[C@H](CC)N(Cc1ccccc1C)C(=O)CN(c1ccc(F)cc1)S(=O)(=O)c1ccc2c(c1)OCCO2. The minimum atomic E-state index is -4.35. The van der Waals surface area contributed by atoms with Gasteiger partial charge in [-0.3, -0.25) is 13.9 Å². The Kier molecular flexibility index (Phi) is 10.6. The van der Waals surface area contributed by atoms with Crippen LogP contribution in [0.25, 0.3) is 0 Å². The summed E-state index contributed by atoms with van der Waals surface area (Å²) in [5.41, 5.74) is 1.86. The Morgan fingerprint density at radius 1 is 0.977 bits per heavy atom. The smallest absolute Gasteiger partial charge is 0.264 e. The summed E-state index contributed by atoms with van der Waals surface area (Å²) in [5, 5.41) is 2.91. The molecule has 0 bridgehead atoms. The van der Waals surface area contributed by atoms with Gasteiger partial charge in [-0.1, -0.05) is 44.5 Å². The average molecular weight is 612 g/mol. The van der Waals surface area contributed by atoms with Crippen LogP contribution in [-0.2, 0) is 26.2 Å². The molecule has 2 amide bonds. The van der Waals surface area contributed by atoms with E-state index >= 15 is 0 Å². The summed E-state index contributed by atoms with van der Waals surface area (Å²) < 4.78 is 54.2. The van der Waals surface area contributed by atoms with Gasteiger partial charge in [-0.15, -0.1) is 0 Å². The second kappa shape index (κ2) is 14.4. The number of benzene rings is 3. The van der Waals surface area contributed by atoms with Crippen molar-refractivity contribution in [3.05, 3.63) is 83.7 Å². The molecule has 3 aromatic carbocycles. The minimum Gasteiger partial charge on any atom is -0.486 e. The van der Waals surface area contributed by atoms with Crippen molar-refractivity contribution >= 4 is 27.5 Å². The molecule has 1 aliphatic rings. The van der Waals surface area contributed by atoms with Crippen LogP contribution in [0.15, 0.2) is 71.6 Å². The molecule has 9 nitrogen and oxygen atoms in total. The molecule has 0 saturated heterocycles. The molecule has 0 unspecified atom stereocenters. The largest absolute Gasteiger partial charge is 0.486 e. The minimum absolute atomic E-state index is 0.0981. The lowest BCUT2D eigenvalue weighted by Crippen LogP contribution is -2.52. The standard InChI is InChI=1S/C32H38FN3O6S/c1-4-6-17-34-32(38)28(5-2)35(21-24-10-8-7-9-23(24)3)31(37)22-36(26-13-11-25(33)12-14-26)43(39,40)27-15-16-29-30(20-27)42-19-18-41-29/h7-16,20,28H,4-6,17-19,21-22H2,1-3H3,(H,34,38)/t28-/m0/s1. The maximum Gasteiger partial charge on any atom is 0.264 e. The lowest BCUT2D eigenvalue weighted by atomic mass is 10.1. The lowest BCUT2D eigenvalue weighted by Gasteiger charge is -2.33. The van der Waals surface area contributed by atoms with Crippen molar-refractivity contribution in [1.29, 1.82) is 0 Å². The van der Waals surface area contributed by atoms with E-state index in [0.717, 1.165) is 40.4 Å². The topological polar surface area (TPSA) is 105 Å². The Morgan fingerprint density at radius 2 is 1.67 bits per heavy atom. The van der Waals surface area contributed by atoms with Crippen molar-refractivity contribution in [3.8, 4) is 11.5 Å². The van der Waals surface area contributed by atoms with E-state index in [2.05, 4.69) is 5.32 Å². The fourth-order valence-corrected chi connectivity index (χ4v) is 6.27. The number of anilines is 1. The molecule has 43 heavy (non-hydrogen) atoms. The van der Waals surface area contributed by atoms with Crippen LogP contribution >= 0.6 is 0 Å². The number of hydrogen-bond donors (Lipinski definition) is 1. The number of rotatable bonds is 13. The number of unbranched alkanes of at least 4 members (excludes halogenated alkanes) is 1. The van der Waals surface area contributed by atoms with Gasteiger partial charge in [0.05, 0.1) is 10.6 Å². The number of hydrogen-bond acceptors (Lipinski definition) is 6. The number of ether oxygens (including phenoxy) is 2. The van der Waals surface area contributed by atoms with Gasteiger partial charge >= 0.3 is 0 Å². The summed E-state index contributed by atoms with van der Waals surface area (Å²) >= 11 is 0. The first-order valence-corrected chi connectivity index (χ1v) is 15.9. The normalized spacial score (nSPS) is 13.2. The van der Waals surface area contributed by atoms with Crippen molar-refractivity contribution in [1.82, 2.24) is 10.2 Å². The first-order chi connectivity index (χ1) is 20.6. The van der Waals surface area contributed by atoms with Gasteiger partial charge < -0.3 is 19.7 Å². The van der Waals surface area contributed by atoms with Crippen LogP contribution in [0.3, 0.4) is 0 Å². The monoisotopic (exact) mass is 611 g/mol. The number of nitrogens with one attached hydrogen (secondary N) is 1. The molecule has 1 atom stereocenters. The van der Waals surface area contributed by atoms with Crippen LogP contribution in [-0.4, -0.2) is 57.5 Å². The predicted octanol–water partition coefficient (Wildman–Crippen LogP) is 4.82. The van der Waals surface area contributed by atoms with Crippen LogP contribution < -0.4 is 19.1 Å². The van der Waals surface area contributed by atoms with Gasteiger partial charge in [0.25, 0.3) is 10.0 Å². The highest BCUT2D eigenvalue weighted by molar-refractivity contribution is 7.92. The zero-order valence-electron chi connectivity index (χ0n) is 24.7. The second-order valence-corrected chi connectivity index (χ2v) is 12.2. The zero-order chi connectivity index (χ0) is 31.0. The van der Waals surface area contributed by atoms with Crippen LogP contribution in [0.4, 0.5) is 10.1 Å². The number of aryl methyl sites for hydroxylation is 1. The quantitative estimate of drug-likeness (QED) is 0.278. The van der Waals surface area contributed by atoms with Gasteiger partial charge in [0.15, 0.2) is 11.5 Å². The fourth-order valence-electron chi connectivity index (χ4n) is 4.84. The van der Waals surface area contributed by atoms with E-state index in [4.69, 9.17) is 9.47 Å². The molecule has 4 rings (SSSR count). The number of carbonyl (C=O) groups is 2. The van der Waals surface area contributed by atoms with Gasteiger partial charge in [-0.25, -0.2) is 12.8 Å². The summed E-state index contributed by atoms with van der Waals surface area (Å²) in [5.74, 6) is -0.748. The average Bonchev–Trinajstić information content (AvgIpc) is 3.01. The van der Waals surface area contributed by atoms with Gasteiger partial charge in [0, 0.05) is 19.2 Å². The maximum absolute atomic E-state index is 14.2. The summed E-state index contributed by atoms with van der Waals surface area (Å²) in [6, 6.07) is 15.8. The number of halogens is 1. The molecular formula is C32H38FN3O6S. The van der Waals surface area contributed by atoms with Gasteiger partial charge in [-0.05, 0) is 67.3 Å². The Morgan fingerprint density at radius 3 is 2.35 bits per heavy atom. The van der Waals surface area contributed by atoms with Crippen molar-refractivity contribution in [2.75, 3.05) is 30.6 Å². The van der Waals surface area contributed by atoms with Crippen LogP contribution in [0.1, 0.15) is 44.2 Å². The van der Waals surface area contributed by atoms with Crippen molar-refractivity contribution in [2.24, 2.45) is 0 Å². The summed E-state index contributed by atoms with van der Waals surface area (Å²) in [4.78, 5) is 28.8. The van der Waals surface area contributed by atoms with Gasteiger partial charge in [-0.2, -0.15) is 0 Å². The van der Waals surface area contributed by atoms with Crippen molar-refractivity contribution in [3.63, 3.8) is 0 Å². The molecule has 0 saturated carbocycles. The fraction of sp³-hybridized carbons (Fsp3) is 0.375. The molecule has 3 aromatic rings. The van der Waals surface area contributed by atoms with Crippen molar-refractivity contribution < 1.29 is 31.9 Å². The molecule has 1 N–H and O–H groups in total. The number of nitrogens with zero attached hydrogens (tertiary/aromatic N) is 2. The molecule has 11 heteroatoms. The van der Waals surface area contributed by atoms with Crippen LogP contribution in [0, 0.1) is 12.7 Å². The lowest BCUT2D eigenvalue weighted by molar-refractivity contribution is -0.140. The highest BCUT2D eigenvalue weighted by Gasteiger charge is 2.34. The Balaban J connectivity index is 1.73. The second-order valence-electron chi connectivity index (χ2n) is 10.3. The third-order valence-electron chi connectivity index (χ3n) is 7.31. The van der Waals surface area contributed by atoms with Crippen LogP contribution in [0.5, 0.6) is 11.5 Å². The number of sulfonamides is 1. The predicted molar refractivity (Wildman–Crippen MR) is 162 cm³/mol. The van der Waals surface area contributed by atoms with E-state index < -0.39 is 34.3 Å². The summed E-state index contributed by atoms with van der Waals surface area (Å²) in [7, 11) is -4.35. The highest BCUT2D eigenvalue weighted by Crippen LogP contribution is 2.34. The van der Waals surface area contributed by atoms with E-state index in [-0.39, 0.29) is 35.4 Å². The van der Waals surface area contributed by atoms with E-state index in [0.29, 0.717) is 25.3 Å². The number of carbonyl (C=O) groups excluding carboxylic acids is 2. The summed E-state index contributed by atoms with van der Waals surface area (Å²) in [6.45, 7) is 6.31. The van der Waals surface area contributed by atoms with Gasteiger partial charge in [0.2, 0.25) is 11.8 Å². The van der Waals surface area contributed by atoms with E-state index in [1.54, 1.807) is 0 Å². The molecule has 230 valence electrons. The van der Waals surface area contributed by atoms with Gasteiger partial charge in [0.1, 0.15) is 31.6 Å². The molecule has 1 aliphatic heterocycles. The van der Waals surface area contributed by atoms with E-state index in [1.807, 2.05) is 45.0 Å². The number of amides is 2. The Hall–Kier alpha value is -4.12. The molecule has 0 fully saturated rings. The molecule has 0 spiro atoms. The third-order valence-corrected chi connectivity index (χ3v) is 9.08. The molecule has 0 aliphatic carbocycles.